The number of nitrogens with zero attached hydrogens (tertiary/aromatic N) is 1. The van der Waals surface area contributed by atoms with Gasteiger partial charge in [-0.05, 0) is 33.6 Å². The molecule has 0 spiro atoms. The number of hydrogen-bond donors (Lipinski definition) is 1. The Balaban J connectivity index is 1.97. The van der Waals surface area contributed by atoms with Crippen molar-refractivity contribution in [1.29, 1.82) is 5.26 Å². The fourth-order valence-electron chi connectivity index (χ4n) is 2.60. The zero-order valence-corrected chi connectivity index (χ0v) is 15.5. The van der Waals surface area contributed by atoms with Crippen molar-refractivity contribution in [3.63, 3.8) is 0 Å². The van der Waals surface area contributed by atoms with Crippen LogP contribution in [0, 0.1) is 17.2 Å². The molecular formula is C16H28N2O5S. The molecule has 0 unspecified atom stereocenters. The lowest BCUT2D eigenvalue weighted by Gasteiger charge is -2.28. The van der Waals surface area contributed by atoms with E-state index in [1.807, 2.05) is 20.8 Å². The van der Waals surface area contributed by atoms with Gasteiger partial charge in [-0.2, -0.15) is 5.26 Å². The van der Waals surface area contributed by atoms with Gasteiger partial charge in [0.1, 0.15) is 0 Å². The van der Waals surface area contributed by atoms with Crippen molar-refractivity contribution in [2.24, 2.45) is 5.92 Å². The summed E-state index contributed by atoms with van der Waals surface area (Å²) in [5, 5.41) is 9.60. The van der Waals surface area contributed by atoms with Gasteiger partial charge in [-0.25, -0.2) is 8.93 Å². The molecule has 0 aliphatic carbocycles. The van der Waals surface area contributed by atoms with E-state index in [4.69, 9.17) is 18.9 Å². The minimum atomic E-state index is -1.26. The zero-order valence-electron chi connectivity index (χ0n) is 14.7. The molecule has 0 amide bonds. The van der Waals surface area contributed by atoms with Crippen LogP contribution in [0.15, 0.2) is 0 Å². The Labute approximate surface area is 146 Å². The lowest BCUT2D eigenvalue weighted by Crippen LogP contribution is -2.44. The number of nitrogens with one attached hydrogen (secondary N) is 1. The molecule has 8 heteroatoms. The Hall–Kier alpha value is -0.560. The lowest BCUT2D eigenvalue weighted by atomic mass is 9.94. The monoisotopic (exact) mass is 360 g/mol. The van der Waals surface area contributed by atoms with E-state index in [-0.39, 0.29) is 24.5 Å². The predicted octanol–water partition coefficient (Wildman–Crippen LogP) is 1.46. The molecule has 0 bridgehead atoms. The van der Waals surface area contributed by atoms with Gasteiger partial charge in [0.15, 0.2) is 12.6 Å². The highest BCUT2D eigenvalue weighted by Gasteiger charge is 2.32. The summed E-state index contributed by atoms with van der Waals surface area (Å²) in [5.41, 5.74) is 0. The second-order valence-electron chi connectivity index (χ2n) is 7.00. The topological polar surface area (TPSA) is 89.8 Å². The molecular weight excluding hydrogens is 332 g/mol. The van der Waals surface area contributed by atoms with Gasteiger partial charge in [0, 0.05) is 12.5 Å². The minimum absolute atomic E-state index is 0.240. The third-order valence-corrected chi connectivity index (χ3v) is 5.64. The summed E-state index contributed by atoms with van der Waals surface area (Å²) in [6.07, 6.45) is 1.15. The maximum atomic E-state index is 12.5. The third kappa shape index (κ3) is 6.06. The van der Waals surface area contributed by atoms with Crippen LogP contribution in [0.1, 0.15) is 40.0 Å². The molecule has 0 aromatic carbocycles. The molecule has 0 aromatic rings. The van der Waals surface area contributed by atoms with Gasteiger partial charge in [-0.1, -0.05) is 0 Å². The van der Waals surface area contributed by atoms with Crippen LogP contribution in [0.4, 0.5) is 0 Å². The highest BCUT2D eigenvalue weighted by atomic mass is 32.2. The second-order valence-corrected chi connectivity index (χ2v) is 8.99. The molecule has 2 aliphatic rings. The van der Waals surface area contributed by atoms with E-state index in [1.165, 1.54) is 0 Å². The summed E-state index contributed by atoms with van der Waals surface area (Å²) in [6, 6.07) is 2.08. The quantitative estimate of drug-likeness (QED) is 0.705. The van der Waals surface area contributed by atoms with E-state index in [2.05, 4.69) is 10.8 Å². The van der Waals surface area contributed by atoms with Gasteiger partial charge in [0.05, 0.1) is 54.1 Å². The van der Waals surface area contributed by atoms with E-state index in [0.717, 1.165) is 0 Å². The molecule has 3 atom stereocenters. The molecule has 2 saturated heterocycles. The Morgan fingerprint density at radius 3 is 2.17 bits per heavy atom. The molecule has 24 heavy (non-hydrogen) atoms. The minimum Gasteiger partial charge on any atom is -0.350 e. The number of nitriles is 1. The Morgan fingerprint density at radius 2 is 1.67 bits per heavy atom. The lowest BCUT2D eigenvalue weighted by molar-refractivity contribution is -0.0594. The van der Waals surface area contributed by atoms with E-state index >= 15 is 0 Å². The van der Waals surface area contributed by atoms with Crippen molar-refractivity contribution in [3.8, 4) is 6.07 Å². The van der Waals surface area contributed by atoms with Gasteiger partial charge in [0.25, 0.3) is 0 Å². The van der Waals surface area contributed by atoms with Crippen molar-refractivity contribution in [2.45, 2.75) is 63.4 Å². The summed E-state index contributed by atoms with van der Waals surface area (Å²) < 4.78 is 37.1. The molecule has 2 heterocycles. The van der Waals surface area contributed by atoms with Crippen molar-refractivity contribution in [1.82, 2.24) is 4.72 Å². The van der Waals surface area contributed by atoms with Crippen LogP contribution in [-0.2, 0) is 29.9 Å². The molecule has 2 fully saturated rings. The van der Waals surface area contributed by atoms with Crippen molar-refractivity contribution in [2.75, 3.05) is 26.4 Å². The first-order chi connectivity index (χ1) is 11.4. The fourth-order valence-corrected chi connectivity index (χ4v) is 3.51. The van der Waals surface area contributed by atoms with Crippen LogP contribution in [0.2, 0.25) is 0 Å². The third-order valence-electron chi connectivity index (χ3n) is 4.01. The van der Waals surface area contributed by atoms with Crippen molar-refractivity contribution in [3.05, 3.63) is 0 Å². The second kappa shape index (κ2) is 9.22. The average molecular weight is 360 g/mol. The van der Waals surface area contributed by atoms with Crippen LogP contribution in [0.25, 0.3) is 0 Å². The van der Waals surface area contributed by atoms with E-state index in [0.29, 0.717) is 45.7 Å². The summed E-state index contributed by atoms with van der Waals surface area (Å²) in [5.74, 6) is -0.360. The molecule has 0 radical (unpaired) electrons. The van der Waals surface area contributed by atoms with E-state index in [1.54, 1.807) is 0 Å². The van der Waals surface area contributed by atoms with Gasteiger partial charge >= 0.3 is 0 Å². The van der Waals surface area contributed by atoms with Crippen molar-refractivity contribution >= 4 is 11.0 Å². The standard InChI is InChI=1S/C16H28N2O5S/c1-16(2,3)24(19)18-13(4-5-14-20-6-7-21-14)12(11-17)10-15-22-8-9-23-15/h12-15,18H,4-10H2,1-3H3/t12-,13-,24+/m0/s1. The molecule has 7 nitrogen and oxygen atoms in total. The van der Waals surface area contributed by atoms with Gasteiger partial charge in [-0.15, -0.1) is 0 Å². The molecule has 0 aromatic heterocycles. The maximum absolute atomic E-state index is 12.5. The smallest absolute Gasteiger partial charge is 0.159 e. The highest BCUT2D eigenvalue weighted by molar-refractivity contribution is 7.84. The Morgan fingerprint density at radius 1 is 1.12 bits per heavy atom. The average Bonchev–Trinajstić information content (AvgIpc) is 3.21. The Kier molecular flexibility index (Phi) is 7.60. The van der Waals surface area contributed by atoms with Crippen LogP contribution >= 0.6 is 0 Å². The maximum Gasteiger partial charge on any atom is 0.159 e. The normalized spacial score (nSPS) is 23.9. The first-order valence-electron chi connectivity index (χ1n) is 8.44. The fraction of sp³-hybridized carbons (Fsp3) is 0.938. The summed E-state index contributed by atoms with van der Waals surface area (Å²) >= 11 is 0. The highest BCUT2D eigenvalue weighted by Crippen LogP contribution is 2.23. The number of hydrogen-bond acceptors (Lipinski definition) is 6. The van der Waals surface area contributed by atoms with Crippen LogP contribution in [0.5, 0.6) is 0 Å². The van der Waals surface area contributed by atoms with Gasteiger partial charge in [-0.3, -0.25) is 0 Å². The summed E-state index contributed by atoms with van der Waals surface area (Å²) in [6.45, 7) is 8.02. The molecule has 138 valence electrons. The van der Waals surface area contributed by atoms with Gasteiger partial charge < -0.3 is 18.9 Å². The van der Waals surface area contributed by atoms with Crippen LogP contribution in [-0.4, -0.2) is 54.0 Å². The summed E-state index contributed by atoms with van der Waals surface area (Å²) in [7, 11) is -1.26. The summed E-state index contributed by atoms with van der Waals surface area (Å²) in [4.78, 5) is 0. The molecule has 0 saturated carbocycles. The van der Waals surface area contributed by atoms with E-state index < -0.39 is 15.7 Å². The van der Waals surface area contributed by atoms with Crippen molar-refractivity contribution < 1.29 is 23.2 Å². The largest absolute Gasteiger partial charge is 0.350 e. The Bertz CT molecular complexity index is 450. The number of ether oxygens (including phenoxy) is 4. The SMILES string of the molecule is CC(C)(C)[S@@](=O)N[C@@H](CCC1OCCO1)[C@H](C#N)CC1OCCO1. The van der Waals surface area contributed by atoms with Gasteiger partial charge in [0.2, 0.25) is 0 Å². The predicted molar refractivity (Wildman–Crippen MR) is 89.2 cm³/mol. The van der Waals surface area contributed by atoms with E-state index in [9.17, 15) is 9.47 Å². The number of rotatable bonds is 8. The van der Waals surface area contributed by atoms with Crippen LogP contribution in [0.3, 0.4) is 0 Å². The molecule has 2 rings (SSSR count). The zero-order chi connectivity index (χ0) is 17.6. The molecule has 2 aliphatic heterocycles. The first-order valence-corrected chi connectivity index (χ1v) is 9.59. The van der Waals surface area contributed by atoms with Crippen LogP contribution < -0.4 is 4.72 Å². The molecule has 1 N–H and O–H groups in total. The first kappa shape index (κ1) is 19.8.